The molecule has 0 saturated heterocycles. The molecular weight excluding hydrogens is 368 g/mol. The number of rotatable bonds is 7. The van der Waals surface area contributed by atoms with E-state index in [0.29, 0.717) is 34.5 Å². The van der Waals surface area contributed by atoms with E-state index < -0.39 is 5.91 Å². The van der Waals surface area contributed by atoms with Crippen LogP contribution in [0.5, 0.6) is 0 Å². The Balaban J connectivity index is 1.89. The van der Waals surface area contributed by atoms with Crippen LogP contribution in [0.4, 0.5) is 10.2 Å². The highest BCUT2D eigenvalue weighted by Crippen LogP contribution is 2.20. The van der Waals surface area contributed by atoms with Crippen molar-refractivity contribution in [2.45, 2.75) is 6.54 Å². The number of nitrogen functional groups attached to an aromatic ring is 1. The summed E-state index contributed by atoms with van der Waals surface area (Å²) >= 11 is 0. The van der Waals surface area contributed by atoms with Crippen LogP contribution in [0, 0.1) is 5.82 Å². The lowest BCUT2D eigenvalue weighted by Gasteiger charge is -2.14. The van der Waals surface area contributed by atoms with Crippen molar-refractivity contribution in [1.82, 2.24) is 15.1 Å². The molecule has 3 rings (SSSR count). The van der Waals surface area contributed by atoms with Gasteiger partial charge in [-0.25, -0.2) is 9.07 Å². The molecule has 2 aromatic carbocycles. The summed E-state index contributed by atoms with van der Waals surface area (Å²) in [5.41, 5.74) is 13.7. The summed E-state index contributed by atoms with van der Waals surface area (Å²) < 4.78 is 15.5. The first-order valence-corrected chi connectivity index (χ1v) is 8.74. The number of primary amides is 1. The first kappa shape index (κ1) is 19.9. The molecule has 3 aromatic rings. The summed E-state index contributed by atoms with van der Waals surface area (Å²) in [6.45, 7) is 4.34. The number of nitrogens with two attached hydrogens (primary N) is 2. The Morgan fingerprint density at radius 1 is 1.24 bits per heavy atom. The number of benzene rings is 2. The molecule has 0 saturated carbocycles. The molecule has 144 valence electrons. The first-order valence-electron chi connectivity index (χ1n) is 8.74. The minimum absolute atomic E-state index is 0.245. The van der Waals surface area contributed by atoms with Crippen LogP contribution in [0.2, 0.25) is 0 Å². The molecule has 0 aliphatic carbocycles. The van der Waals surface area contributed by atoms with Gasteiger partial charge in [0.15, 0.2) is 0 Å². The Morgan fingerprint density at radius 2 is 1.93 bits per heavy atom. The normalized spacial score (nSPS) is 11.3. The van der Waals surface area contributed by atoms with Gasteiger partial charge in [-0.05, 0) is 40.9 Å². The van der Waals surface area contributed by atoms with Gasteiger partial charge in [0.2, 0.25) is 5.91 Å². The van der Waals surface area contributed by atoms with Crippen molar-refractivity contribution in [3.05, 3.63) is 89.9 Å². The van der Waals surface area contributed by atoms with Crippen LogP contribution in [0.3, 0.4) is 0 Å². The molecule has 0 aliphatic heterocycles. The summed E-state index contributed by atoms with van der Waals surface area (Å²) in [5.74, 6) is -0.172. The third-order valence-corrected chi connectivity index (χ3v) is 4.31. The van der Waals surface area contributed by atoms with E-state index in [1.807, 2.05) is 0 Å². The molecule has 2 radical (unpaired) electrons. The molecule has 1 amide bonds. The van der Waals surface area contributed by atoms with Gasteiger partial charge < -0.3 is 16.8 Å². The van der Waals surface area contributed by atoms with Crippen LogP contribution in [0.15, 0.2) is 67.4 Å². The lowest BCUT2D eigenvalue weighted by molar-refractivity contribution is 0.100. The molecule has 29 heavy (non-hydrogen) atoms. The predicted octanol–water partition coefficient (Wildman–Crippen LogP) is 1.80. The van der Waals surface area contributed by atoms with Gasteiger partial charge in [-0.2, -0.15) is 5.10 Å². The monoisotopic (exact) mass is 387 g/mol. The number of anilines is 1. The number of nitrogens with one attached hydrogen (secondary N) is 1. The minimum atomic E-state index is -0.494. The quantitative estimate of drug-likeness (QED) is 0.425. The number of nitrogens with zero attached hydrogens (tertiary/aromatic N) is 2. The number of aromatic nitrogens is 2. The second kappa shape index (κ2) is 8.47. The minimum Gasteiger partial charge on any atom is -0.384 e. The summed E-state index contributed by atoms with van der Waals surface area (Å²) in [5, 5.41) is 7.38. The van der Waals surface area contributed by atoms with E-state index in [0.717, 1.165) is 5.56 Å². The molecule has 1 aromatic heterocycles. The van der Waals surface area contributed by atoms with E-state index in [1.165, 1.54) is 16.9 Å². The predicted molar refractivity (Wildman–Crippen MR) is 114 cm³/mol. The van der Waals surface area contributed by atoms with Crippen molar-refractivity contribution < 1.29 is 9.18 Å². The molecule has 0 aliphatic rings. The largest absolute Gasteiger partial charge is 0.384 e. The van der Waals surface area contributed by atoms with Crippen LogP contribution in [0.1, 0.15) is 21.5 Å². The van der Waals surface area contributed by atoms with Crippen LogP contribution in [-0.4, -0.2) is 23.5 Å². The van der Waals surface area contributed by atoms with Gasteiger partial charge in [-0.3, -0.25) is 4.79 Å². The Morgan fingerprint density at radius 3 is 2.52 bits per heavy atom. The molecule has 6 nitrogen and oxygen atoms in total. The van der Waals surface area contributed by atoms with Crippen LogP contribution in [-0.2, 0) is 6.54 Å². The second-order valence-corrected chi connectivity index (χ2v) is 6.35. The molecule has 0 atom stereocenters. The fourth-order valence-corrected chi connectivity index (χ4v) is 2.69. The number of amides is 1. The number of halogens is 1. The number of hydrogen-bond acceptors (Lipinski definition) is 4. The summed E-state index contributed by atoms with van der Waals surface area (Å²) in [6.07, 6.45) is 3.07. The van der Waals surface area contributed by atoms with Gasteiger partial charge in [0.05, 0.1) is 0 Å². The van der Waals surface area contributed by atoms with Gasteiger partial charge in [0, 0.05) is 23.9 Å². The highest BCUT2D eigenvalue weighted by molar-refractivity contribution is 6.35. The zero-order valence-corrected chi connectivity index (χ0v) is 15.6. The second-order valence-electron chi connectivity index (χ2n) is 6.35. The SMILES string of the molecule is [B]c1cnn(/C(=C\C(=C)c2ccccc2F)NCc2ccc(C(N)=O)cc2)c1N. The Bertz CT molecular complexity index is 1090. The van der Waals surface area contributed by atoms with E-state index in [2.05, 4.69) is 17.0 Å². The van der Waals surface area contributed by atoms with Gasteiger partial charge in [0.25, 0.3) is 0 Å². The van der Waals surface area contributed by atoms with Crippen molar-refractivity contribution in [1.29, 1.82) is 0 Å². The third-order valence-electron chi connectivity index (χ3n) is 4.31. The van der Waals surface area contributed by atoms with Crippen LogP contribution in [0.25, 0.3) is 11.4 Å². The molecule has 8 heteroatoms. The topological polar surface area (TPSA) is 99.0 Å². The highest BCUT2D eigenvalue weighted by Gasteiger charge is 2.11. The lowest BCUT2D eigenvalue weighted by Crippen LogP contribution is -2.21. The number of carbonyl (C=O) groups excluding carboxylic acids is 1. The Kier molecular flexibility index (Phi) is 5.83. The Labute approximate surface area is 169 Å². The summed E-state index contributed by atoms with van der Waals surface area (Å²) in [4.78, 5) is 11.2. The molecule has 1 heterocycles. The molecule has 0 bridgehead atoms. The smallest absolute Gasteiger partial charge is 0.248 e. The van der Waals surface area contributed by atoms with Crippen LogP contribution >= 0.6 is 0 Å². The molecular formula is C21H19BFN5O. The molecule has 0 fully saturated rings. The van der Waals surface area contributed by atoms with Gasteiger partial charge >= 0.3 is 0 Å². The molecule has 5 N–H and O–H groups in total. The van der Waals surface area contributed by atoms with Gasteiger partial charge in [-0.1, -0.05) is 36.9 Å². The van der Waals surface area contributed by atoms with E-state index in [9.17, 15) is 9.18 Å². The lowest BCUT2D eigenvalue weighted by atomic mass is 10.0. The maximum absolute atomic E-state index is 14.1. The summed E-state index contributed by atoms with van der Waals surface area (Å²) in [7, 11) is 5.81. The fraction of sp³-hybridized carbons (Fsp3) is 0.0476. The average Bonchev–Trinajstić information content (AvgIpc) is 3.04. The average molecular weight is 387 g/mol. The van der Waals surface area contributed by atoms with E-state index in [4.69, 9.17) is 19.3 Å². The zero-order chi connectivity index (χ0) is 21.0. The standard InChI is InChI=1S/C21H19BFN5O/c1-13(16-4-2-3-5-18(16)23)10-19(28-20(24)17(22)12-27-28)26-11-14-6-8-15(9-7-14)21(25)29/h2-10,12,26H,1,11,24H2,(H2,25,29)/b19-10-. The maximum Gasteiger partial charge on any atom is 0.248 e. The van der Waals surface area contributed by atoms with E-state index >= 15 is 0 Å². The van der Waals surface area contributed by atoms with E-state index in [-0.39, 0.29) is 11.6 Å². The Hall–Kier alpha value is -3.81. The first-order chi connectivity index (χ1) is 13.9. The van der Waals surface area contributed by atoms with Crippen molar-refractivity contribution >= 4 is 36.4 Å². The fourth-order valence-electron chi connectivity index (χ4n) is 2.69. The number of carbonyl (C=O) groups is 1. The van der Waals surface area contributed by atoms with E-state index in [1.54, 1.807) is 48.5 Å². The van der Waals surface area contributed by atoms with Crippen molar-refractivity contribution in [2.75, 3.05) is 5.73 Å². The summed E-state index contributed by atoms with van der Waals surface area (Å²) in [6, 6.07) is 13.2. The molecule has 0 spiro atoms. The maximum atomic E-state index is 14.1. The third kappa shape index (κ3) is 4.55. The van der Waals surface area contributed by atoms with Gasteiger partial charge in [0.1, 0.15) is 25.3 Å². The van der Waals surface area contributed by atoms with Gasteiger partial charge in [-0.15, -0.1) is 0 Å². The zero-order valence-electron chi connectivity index (χ0n) is 15.6. The van der Waals surface area contributed by atoms with Crippen molar-refractivity contribution in [2.24, 2.45) is 5.73 Å². The van der Waals surface area contributed by atoms with Crippen molar-refractivity contribution in [3.8, 4) is 0 Å². The number of hydrogen-bond donors (Lipinski definition) is 3. The number of allylic oxidation sites excluding steroid dienone is 2. The van der Waals surface area contributed by atoms with Crippen LogP contribution < -0.4 is 22.2 Å². The highest BCUT2D eigenvalue weighted by atomic mass is 19.1. The van der Waals surface area contributed by atoms with Crippen molar-refractivity contribution in [3.63, 3.8) is 0 Å². The molecule has 0 unspecified atom stereocenters.